The van der Waals surface area contributed by atoms with Crippen molar-refractivity contribution in [1.82, 2.24) is 10.4 Å². The minimum atomic E-state index is -4.45. The molecule has 2 amide bonds. The number of hydroxylamine groups is 2. The summed E-state index contributed by atoms with van der Waals surface area (Å²) in [5.41, 5.74) is 1.55. The highest BCUT2D eigenvalue weighted by Crippen LogP contribution is 2.35. The molecule has 0 atom stereocenters. The molecule has 0 aromatic heterocycles. The molecule has 0 bridgehead atoms. The monoisotopic (exact) mass is 386 g/mol. The summed E-state index contributed by atoms with van der Waals surface area (Å²) in [6, 6.07) is 6.95. The number of phosphoric acid groups is 1. The van der Waals surface area contributed by atoms with E-state index in [1.165, 1.54) is 0 Å². The Morgan fingerprint density at radius 3 is 2.27 bits per heavy atom. The number of carbonyl (C=O) groups is 3. The summed E-state index contributed by atoms with van der Waals surface area (Å²) in [5.74, 6) is -1.74. The number of nitrogens with zero attached hydrogens (tertiary/aromatic N) is 1. The van der Waals surface area contributed by atoms with Gasteiger partial charge in [0.05, 0.1) is 13.0 Å². The number of hydrogen-bond donors (Lipinski definition) is 3. The fraction of sp³-hybridized carbons (Fsp3) is 0.400. The number of hydrogen-bond acceptors (Lipinski definition) is 7. The Morgan fingerprint density at radius 2 is 1.69 bits per heavy atom. The molecule has 11 heteroatoms. The molecule has 2 rings (SSSR count). The lowest BCUT2D eigenvalue weighted by Gasteiger charge is -2.12. The van der Waals surface area contributed by atoms with Gasteiger partial charge in [-0.15, -0.1) is 5.06 Å². The molecule has 1 saturated heterocycles. The van der Waals surface area contributed by atoms with Crippen LogP contribution >= 0.6 is 7.82 Å². The van der Waals surface area contributed by atoms with Crippen molar-refractivity contribution < 1.29 is 38.1 Å². The van der Waals surface area contributed by atoms with Gasteiger partial charge in [0.1, 0.15) is 0 Å². The van der Waals surface area contributed by atoms with Gasteiger partial charge in [-0.05, 0) is 11.1 Å². The van der Waals surface area contributed by atoms with Crippen LogP contribution in [-0.4, -0.2) is 45.8 Å². The average Bonchev–Trinajstić information content (AvgIpc) is 2.87. The Kier molecular flexibility index (Phi) is 7.01. The molecule has 1 aromatic carbocycles. The Hall–Kier alpha value is -2.10. The first-order valence-corrected chi connectivity index (χ1v) is 9.33. The van der Waals surface area contributed by atoms with E-state index in [0.717, 1.165) is 5.56 Å². The maximum atomic E-state index is 11.8. The highest BCUT2D eigenvalue weighted by atomic mass is 31.2. The van der Waals surface area contributed by atoms with Crippen molar-refractivity contribution in [1.29, 1.82) is 0 Å². The van der Waals surface area contributed by atoms with E-state index in [9.17, 15) is 18.9 Å². The van der Waals surface area contributed by atoms with Crippen LogP contribution in [0.25, 0.3) is 0 Å². The molecule has 1 aliphatic heterocycles. The molecule has 0 aliphatic carbocycles. The van der Waals surface area contributed by atoms with Crippen LogP contribution in [0.1, 0.15) is 24.0 Å². The molecular weight excluding hydrogens is 367 g/mol. The zero-order valence-corrected chi connectivity index (χ0v) is 14.7. The van der Waals surface area contributed by atoms with Gasteiger partial charge < -0.3 is 19.9 Å². The SMILES string of the molecule is O=C(Cc1ccc(CNCCOP(=O)(O)O)cc1)ON1C(=O)CCC1=O. The second kappa shape index (κ2) is 9.02. The second-order valence-corrected chi connectivity index (χ2v) is 6.78. The Balaban J connectivity index is 1.73. The maximum Gasteiger partial charge on any atom is 0.469 e. The van der Waals surface area contributed by atoms with Crippen molar-refractivity contribution in [2.45, 2.75) is 25.8 Å². The highest BCUT2D eigenvalue weighted by Gasteiger charge is 2.32. The van der Waals surface area contributed by atoms with Gasteiger partial charge in [-0.2, -0.15) is 0 Å². The minimum absolute atomic E-state index is 0.0486. The molecule has 0 radical (unpaired) electrons. The Morgan fingerprint density at radius 1 is 1.12 bits per heavy atom. The van der Waals surface area contributed by atoms with Crippen molar-refractivity contribution in [3.05, 3.63) is 35.4 Å². The molecule has 0 saturated carbocycles. The Labute approximate surface area is 149 Å². The van der Waals surface area contributed by atoms with Crippen LogP contribution in [0.15, 0.2) is 24.3 Å². The van der Waals surface area contributed by atoms with Gasteiger partial charge >= 0.3 is 13.8 Å². The maximum absolute atomic E-state index is 11.8. The molecule has 0 spiro atoms. The summed E-state index contributed by atoms with van der Waals surface area (Å²) in [6.07, 6.45) is 0.0148. The van der Waals surface area contributed by atoms with E-state index in [1.54, 1.807) is 24.3 Å². The smallest absolute Gasteiger partial charge is 0.330 e. The molecular formula is C15H19N2O8P. The van der Waals surface area contributed by atoms with Crippen LogP contribution in [0.4, 0.5) is 0 Å². The molecule has 1 aromatic rings. The molecule has 10 nitrogen and oxygen atoms in total. The summed E-state index contributed by atoms with van der Waals surface area (Å²) in [7, 11) is -4.45. The molecule has 26 heavy (non-hydrogen) atoms. The fourth-order valence-corrected chi connectivity index (χ4v) is 2.53. The van der Waals surface area contributed by atoms with Gasteiger partial charge in [-0.1, -0.05) is 24.3 Å². The number of carbonyl (C=O) groups excluding carboxylic acids is 3. The van der Waals surface area contributed by atoms with Gasteiger partial charge in [0, 0.05) is 25.9 Å². The van der Waals surface area contributed by atoms with Crippen LogP contribution in [0.2, 0.25) is 0 Å². The van der Waals surface area contributed by atoms with E-state index in [0.29, 0.717) is 17.2 Å². The van der Waals surface area contributed by atoms with Crippen molar-refractivity contribution in [2.24, 2.45) is 0 Å². The van der Waals surface area contributed by atoms with Crippen LogP contribution in [0, 0.1) is 0 Å². The number of amides is 2. The third kappa shape index (κ3) is 6.66. The molecule has 1 heterocycles. The van der Waals surface area contributed by atoms with E-state index in [-0.39, 0.29) is 32.4 Å². The van der Waals surface area contributed by atoms with Crippen LogP contribution in [0.5, 0.6) is 0 Å². The Bertz CT molecular complexity index is 699. The van der Waals surface area contributed by atoms with E-state index in [2.05, 4.69) is 9.84 Å². The standard InChI is InChI=1S/C15H19N2O8P/c18-13-5-6-14(19)17(13)25-15(20)9-11-1-3-12(4-2-11)10-16-7-8-24-26(21,22)23/h1-4,16H,5-10H2,(H2,21,22,23). The van der Waals surface area contributed by atoms with Gasteiger partial charge in [0.25, 0.3) is 11.8 Å². The third-order valence-electron chi connectivity index (χ3n) is 3.44. The van der Waals surface area contributed by atoms with Crippen LogP contribution < -0.4 is 5.32 Å². The summed E-state index contributed by atoms with van der Waals surface area (Å²) in [5, 5.41) is 3.47. The van der Waals surface area contributed by atoms with E-state index < -0.39 is 25.6 Å². The van der Waals surface area contributed by atoms with Gasteiger partial charge in [0.15, 0.2) is 0 Å². The lowest BCUT2D eigenvalue weighted by Crippen LogP contribution is -2.32. The number of nitrogens with one attached hydrogen (secondary N) is 1. The summed E-state index contributed by atoms with van der Waals surface area (Å²) >= 11 is 0. The molecule has 0 unspecified atom stereocenters. The van der Waals surface area contributed by atoms with Gasteiger partial charge in [-0.25, -0.2) is 9.36 Å². The first kappa shape index (κ1) is 20.2. The topological polar surface area (TPSA) is 142 Å². The quantitative estimate of drug-likeness (QED) is 0.304. The van der Waals surface area contributed by atoms with Crippen LogP contribution in [0.3, 0.4) is 0 Å². The zero-order valence-electron chi connectivity index (χ0n) is 13.8. The number of rotatable bonds is 9. The minimum Gasteiger partial charge on any atom is -0.330 e. The van der Waals surface area contributed by atoms with Crippen molar-refractivity contribution in [3.8, 4) is 0 Å². The van der Waals surface area contributed by atoms with Crippen molar-refractivity contribution >= 4 is 25.6 Å². The molecule has 1 fully saturated rings. The second-order valence-electron chi connectivity index (χ2n) is 5.54. The third-order valence-corrected chi connectivity index (χ3v) is 3.96. The lowest BCUT2D eigenvalue weighted by atomic mass is 10.1. The summed E-state index contributed by atoms with van der Waals surface area (Å²) < 4.78 is 14.8. The fourth-order valence-electron chi connectivity index (χ4n) is 2.20. The molecule has 3 N–H and O–H groups in total. The van der Waals surface area contributed by atoms with Crippen molar-refractivity contribution in [2.75, 3.05) is 13.2 Å². The zero-order chi connectivity index (χ0) is 19.2. The highest BCUT2D eigenvalue weighted by molar-refractivity contribution is 7.46. The number of benzene rings is 1. The largest absolute Gasteiger partial charge is 0.469 e. The number of phosphoric ester groups is 1. The predicted octanol–water partition coefficient (Wildman–Crippen LogP) is 0.0352. The molecule has 1 aliphatic rings. The number of imide groups is 1. The summed E-state index contributed by atoms with van der Waals surface area (Å²) in [4.78, 5) is 56.5. The predicted molar refractivity (Wildman–Crippen MR) is 87.0 cm³/mol. The first-order valence-electron chi connectivity index (χ1n) is 7.80. The molecule has 142 valence electrons. The normalized spacial score (nSPS) is 14.8. The van der Waals surface area contributed by atoms with Crippen LogP contribution in [-0.2, 0) is 41.3 Å². The average molecular weight is 386 g/mol. The summed E-state index contributed by atoms with van der Waals surface area (Å²) in [6.45, 7) is 0.589. The van der Waals surface area contributed by atoms with Crippen molar-refractivity contribution in [3.63, 3.8) is 0 Å². The van der Waals surface area contributed by atoms with Gasteiger partial charge in [0.2, 0.25) is 0 Å². The van der Waals surface area contributed by atoms with E-state index >= 15 is 0 Å². The first-order chi connectivity index (χ1) is 12.2. The van der Waals surface area contributed by atoms with E-state index in [1.807, 2.05) is 0 Å². The lowest BCUT2D eigenvalue weighted by molar-refractivity contribution is -0.197. The van der Waals surface area contributed by atoms with Gasteiger partial charge in [-0.3, -0.25) is 14.1 Å². The van der Waals surface area contributed by atoms with E-state index in [4.69, 9.17) is 14.6 Å².